The van der Waals surface area contributed by atoms with E-state index in [1.807, 2.05) is 0 Å². The van der Waals surface area contributed by atoms with Crippen molar-refractivity contribution in [3.63, 3.8) is 0 Å². The van der Waals surface area contributed by atoms with E-state index in [9.17, 15) is 22.8 Å². The molecule has 0 spiro atoms. The van der Waals surface area contributed by atoms with Crippen LogP contribution in [0, 0.1) is 5.92 Å². The Kier molecular flexibility index (Phi) is 4.11. The number of carbonyl (C=O) groups excluding carboxylic acids is 1. The minimum absolute atomic E-state index is 0.132. The van der Waals surface area contributed by atoms with Crippen molar-refractivity contribution in [2.24, 2.45) is 11.7 Å². The highest BCUT2D eigenvalue weighted by atomic mass is 19.4. The van der Waals surface area contributed by atoms with Crippen LogP contribution in [0.4, 0.5) is 13.2 Å². The van der Waals surface area contributed by atoms with E-state index in [1.54, 1.807) is 0 Å². The minimum Gasteiger partial charge on any atom is -0.481 e. The second-order valence-corrected chi connectivity index (χ2v) is 4.67. The maximum atomic E-state index is 12.7. The predicted molar refractivity (Wildman–Crippen MR) is 57.2 cm³/mol. The third-order valence-corrected chi connectivity index (χ3v) is 3.22. The van der Waals surface area contributed by atoms with Crippen LogP contribution in [0.15, 0.2) is 0 Å². The van der Waals surface area contributed by atoms with Crippen molar-refractivity contribution >= 4 is 11.9 Å². The number of nitrogens with zero attached hydrogens (tertiary/aromatic N) is 1. The second-order valence-electron chi connectivity index (χ2n) is 4.67. The fourth-order valence-electron chi connectivity index (χ4n) is 1.80. The molecular weight excluding hydrogens is 269 g/mol. The van der Waals surface area contributed by atoms with E-state index in [2.05, 4.69) is 0 Å². The topological polar surface area (TPSA) is 92.9 Å². The highest BCUT2D eigenvalue weighted by Gasteiger charge is 2.56. The lowest BCUT2D eigenvalue weighted by molar-refractivity contribution is -0.194. The summed E-state index contributed by atoms with van der Waals surface area (Å²) in [6.45, 7) is 0.273. The zero-order chi connectivity index (χ0) is 15.0. The molecule has 19 heavy (non-hydrogen) atoms. The molecule has 0 aromatic heterocycles. The van der Waals surface area contributed by atoms with Gasteiger partial charge in [-0.25, -0.2) is 0 Å². The molecule has 0 aromatic rings. The van der Waals surface area contributed by atoms with Gasteiger partial charge in [-0.2, -0.15) is 13.2 Å². The first-order valence-corrected chi connectivity index (χ1v) is 5.43. The Morgan fingerprint density at radius 2 is 1.89 bits per heavy atom. The molecule has 1 saturated heterocycles. The van der Waals surface area contributed by atoms with Gasteiger partial charge in [0.15, 0.2) is 5.54 Å². The average molecular weight is 284 g/mol. The van der Waals surface area contributed by atoms with Crippen molar-refractivity contribution in [2.45, 2.75) is 24.7 Å². The van der Waals surface area contributed by atoms with E-state index in [0.29, 0.717) is 11.8 Å². The Morgan fingerprint density at radius 1 is 1.37 bits per heavy atom. The largest absolute Gasteiger partial charge is 0.481 e. The van der Waals surface area contributed by atoms with E-state index < -0.39 is 35.6 Å². The number of carboxylic acids is 1. The lowest BCUT2D eigenvalue weighted by atomic mass is 9.97. The van der Waals surface area contributed by atoms with Gasteiger partial charge < -0.3 is 20.5 Å². The zero-order valence-corrected chi connectivity index (χ0v) is 10.4. The van der Waals surface area contributed by atoms with Crippen molar-refractivity contribution < 1.29 is 32.6 Å². The van der Waals surface area contributed by atoms with E-state index in [-0.39, 0.29) is 13.2 Å². The fourth-order valence-corrected chi connectivity index (χ4v) is 1.80. The Labute approximate surface area is 107 Å². The van der Waals surface area contributed by atoms with Crippen LogP contribution in [0.5, 0.6) is 0 Å². The number of amides is 1. The summed E-state index contributed by atoms with van der Waals surface area (Å²) in [5, 5.41) is 8.91. The highest BCUT2D eigenvalue weighted by Crippen LogP contribution is 2.31. The number of ether oxygens (including phenoxy) is 1. The van der Waals surface area contributed by atoms with Gasteiger partial charge in [-0.05, 0) is 6.92 Å². The zero-order valence-electron chi connectivity index (χ0n) is 10.4. The minimum atomic E-state index is -4.92. The number of alkyl halides is 3. The molecule has 1 amide bonds. The van der Waals surface area contributed by atoms with Gasteiger partial charge in [0, 0.05) is 7.05 Å². The molecule has 6 nitrogen and oxygen atoms in total. The number of nitrogens with two attached hydrogens (primary N) is 1. The first kappa shape index (κ1) is 15.7. The molecule has 0 saturated carbocycles. The number of carboxylic acid groups (broad SMARTS) is 1. The van der Waals surface area contributed by atoms with Gasteiger partial charge in [0.05, 0.1) is 19.3 Å². The van der Waals surface area contributed by atoms with Crippen LogP contribution in [-0.4, -0.2) is 59.9 Å². The van der Waals surface area contributed by atoms with Crippen molar-refractivity contribution in [3.8, 4) is 0 Å². The van der Waals surface area contributed by atoms with Crippen LogP contribution in [0.25, 0.3) is 0 Å². The molecule has 1 aliphatic heterocycles. The van der Waals surface area contributed by atoms with E-state index in [1.165, 1.54) is 0 Å². The molecule has 1 rings (SSSR count). The Balaban J connectivity index is 2.91. The van der Waals surface area contributed by atoms with Crippen LogP contribution in [-0.2, 0) is 14.3 Å². The normalized spacial score (nSPS) is 26.8. The van der Waals surface area contributed by atoms with E-state index in [4.69, 9.17) is 15.6 Å². The van der Waals surface area contributed by atoms with Crippen LogP contribution in [0.2, 0.25) is 0 Å². The third-order valence-electron chi connectivity index (χ3n) is 3.22. The molecule has 0 bridgehead atoms. The Hall–Kier alpha value is -1.35. The molecule has 3 atom stereocenters. The lowest BCUT2D eigenvalue weighted by Gasteiger charge is -2.34. The summed E-state index contributed by atoms with van der Waals surface area (Å²) in [5.74, 6) is -3.67. The molecule has 110 valence electrons. The smallest absolute Gasteiger partial charge is 0.415 e. The first-order chi connectivity index (χ1) is 8.50. The van der Waals surface area contributed by atoms with Crippen molar-refractivity contribution in [2.75, 3.05) is 20.3 Å². The van der Waals surface area contributed by atoms with Crippen LogP contribution < -0.4 is 5.73 Å². The molecule has 3 N–H and O–H groups in total. The summed E-state index contributed by atoms with van der Waals surface area (Å²) in [6, 6.07) is -0.963. The SMILES string of the molecule is CN(C(=O)C(C)(N)C(F)(F)F)C1COCC1C(=O)O. The van der Waals surface area contributed by atoms with Crippen molar-refractivity contribution in [1.29, 1.82) is 0 Å². The number of carbonyl (C=O) groups is 2. The fraction of sp³-hybridized carbons (Fsp3) is 0.800. The Morgan fingerprint density at radius 3 is 2.32 bits per heavy atom. The summed E-state index contributed by atoms with van der Waals surface area (Å²) < 4.78 is 42.9. The molecule has 0 radical (unpaired) electrons. The molecule has 0 aliphatic carbocycles. The number of hydrogen-bond donors (Lipinski definition) is 2. The second kappa shape index (κ2) is 4.97. The van der Waals surface area contributed by atoms with E-state index in [0.717, 1.165) is 7.05 Å². The quantitative estimate of drug-likeness (QED) is 0.750. The molecule has 9 heteroatoms. The van der Waals surface area contributed by atoms with Crippen molar-refractivity contribution in [1.82, 2.24) is 4.90 Å². The monoisotopic (exact) mass is 284 g/mol. The lowest BCUT2D eigenvalue weighted by Crippen LogP contribution is -2.63. The maximum Gasteiger partial charge on any atom is 0.415 e. The number of likely N-dealkylation sites (N-methyl/N-ethyl adjacent to an activating group) is 1. The van der Waals surface area contributed by atoms with Crippen LogP contribution in [0.3, 0.4) is 0 Å². The molecule has 1 fully saturated rings. The summed E-state index contributed by atoms with van der Waals surface area (Å²) in [5.41, 5.74) is 1.96. The summed E-state index contributed by atoms with van der Waals surface area (Å²) in [6.07, 6.45) is -4.92. The molecular formula is C10H15F3N2O4. The molecule has 0 aromatic carbocycles. The van der Waals surface area contributed by atoms with Crippen LogP contribution in [0.1, 0.15) is 6.92 Å². The summed E-state index contributed by atoms with van der Waals surface area (Å²) in [4.78, 5) is 23.4. The number of halogens is 3. The van der Waals surface area contributed by atoms with Crippen LogP contribution >= 0.6 is 0 Å². The van der Waals surface area contributed by atoms with Gasteiger partial charge in [0.25, 0.3) is 5.91 Å². The summed E-state index contributed by atoms with van der Waals surface area (Å²) in [7, 11) is 1.09. The number of rotatable bonds is 3. The van der Waals surface area contributed by atoms with Gasteiger partial charge in [0.1, 0.15) is 5.92 Å². The Bertz CT molecular complexity index is 383. The molecule has 3 unspecified atom stereocenters. The molecule has 1 heterocycles. The molecule has 1 aliphatic rings. The predicted octanol–water partition coefficient (Wildman–Crippen LogP) is -0.176. The average Bonchev–Trinajstić information content (AvgIpc) is 2.74. The van der Waals surface area contributed by atoms with E-state index >= 15 is 0 Å². The van der Waals surface area contributed by atoms with Gasteiger partial charge in [0.2, 0.25) is 0 Å². The van der Waals surface area contributed by atoms with Gasteiger partial charge in [-0.15, -0.1) is 0 Å². The van der Waals surface area contributed by atoms with Crippen molar-refractivity contribution in [3.05, 3.63) is 0 Å². The summed E-state index contributed by atoms with van der Waals surface area (Å²) >= 11 is 0. The van der Waals surface area contributed by atoms with Gasteiger partial charge >= 0.3 is 12.1 Å². The number of hydrogen-bond acceptors (Lipinski definition) is 4. The maximum absolute atomic E-state index is 12.7. The van der Waals surface area contributed by atoms with Gasteiger partial charge in [-0.3, -0.25) is 9.59 Å². The number of aliphatic carboxylic acids is 1. The van der Waals surface area contributed by atoms with Gasteiger partial charge in [-0.1, -0.05) is 0 Å². The standard InChI is InChI=1S/C10H15F3N2O4/c1-9(14,10(11,12)13)8(18)15(2)6-4-19-3-5(6)7(16)17/h5-6H,3-4,14H2,1-2H3,(H,16,17). The first-order valence-electron chi connectivity index (χ1n) is 5.43. The third kappa shape index (κ3) is 2.81. The highest BCUT2D eigenvalue weighted by molar-refractivity contribution is 5.87.